The van der Waals surface area contributed by atoms with Crippen molar-refractivity contribution in [3.8, 4) is 0 Å². The molecule has 0 atom stereocenters. The van der Waals surface area contributed by atoms with Gasteiger partial charge in [0.15, 0.2) is 0 Å². The quantitative estimate of drug-likeness (QED) is 0.170. The van der Waals surface area contributed by atoms with Crippen molar-refractivity contribution in [1.82, 2.24) is 0 Å². The highest BCUT2D eigenvalue weighted by atomic mass is 16.4. The third-order valence-corrected chi connectivity index (χ3v) is 3.29. The highest BCUT2D eigenvalue weighted by Gasteiger charge is 1.92. The minimum atomic E-state index is -0.743. The minimum Gasteiger partial charge on any atom is -0.481 e. The van der Waals surface area contributed by atoms with Crippen molar-refractivity contribution in [2.24, 2.45) is 0 Å². The van der Waals surface area contributed by atoms with Crippen molar-refractivity contribution in [1.29, 1.82) is 0 Å². The van der Waals surface area contributed by atoms with Crippen LogP contribution in [0.2, 0.25) is 0 Å². The molecule has 0 saturated carbocycles. The van der Waals surface area contributed by atoms with Crippen LogP contribution < -0.4 is 0 Å². The summed E-state index contributed by atoms with van der Waals surface area (Å²) in [7, 11) is 0. The number of carboxylic acid groups (broad SMARTS) is 1. The predicted molar refractivity (Wildman–Crippen MR) is 104 cm³/mol. The van der Waals surface area contributed by atoms with Gasteiger partial charge < -0.3 is 5.11 Å². The summed E-state index contributed by atoms with van der Waals surface area (Å²) in [5.74, 6) is -0.743. The molecule has 2 nitrogen and oxygen atoms in total. The van der Waals surface area contributed by atoms with E-state index in [2.05, 4.69) is 37.0 Å². The number of unbranched alkanes of at least 4 members (excludes halogenated alkanes) is 5. The highest BCUT2D eigenvalue weighted by molar-refractivity contribution is 5.66. The summed E-state index contributed by atoms with van der Waals surface area (Å²) >= 11 is 0. The first-order valence-electron chi connectivity index (χ1n) is 9.03. The molecule has 0 saturated heterocycles. The standard InChI is InChI=1S/C22H32O2/c1-2-3-4-5-6-7-8-9-10-11-12-13-14-15-16-17-18-19-20-21-22(23)24/h7-8,10-16,18H,2-6,9,19-21H2,1H3,(H,23,24)/b8-7+,11-10+,13-12+,15-14+. The van der Waals surface area contributed by atoms with Crippen molar-refractivity contribution < 1.29 is 9.90 Å². The summed E-state index contributed by atoms with van der Waals surface area (Å²) in [4.78, 5) is 10.3. The van der Waals surface area contributed by atoms with Gasteiger partial charge in [0.25, 0.3) is 0 Å². The van der Waals surface area contributed by atoms with Crippen molar-refractivity contribution in [2.75, 3.05) is 0 Å². The second-order valence-corrected chi connectivity index (χ2v) is 5.58. The Labute approximate surface area is 147 Å². The van der Waals surface area contributed by atoms with Crippen LogP contribution in [0.3, 0.4) is 0 Å². The van der Waals surface area contributed by atoms with Crippen molar-refractivity contribution >= 4 is 5.97 Å². The molecule has 0 aliphatic rings. The lowest BCUT2D eigenvalue weighted by Gasteiger charge is -1.93. The Hall–Kier alpha value is -2.05. The lowest BCUT2D eigenvalue weighted by molar-refractivity contribution is -0.137. The van der Waals surface area contributed by atoms with E-state index in [0.29, 0.717) is 6.42 Å². The van der Waals surface area contributed by atoms with E-state index in [1.165, 1.54) is 32.1 Å². The van der Waals surface area contributed by atoms with E-state index in [-0.39, 0.29) is 6.42 Å². The number of carbonyl (C=O) groups is 1. The molecule has 132 valence electrons. The number of allylic oxidation sites excluding steroid dienone is 9. The van der Waals surface area contributed by atoms with Crippen LogP contribution in [-0.2, 0) is 4.79 Å². The number of hydrogen-bond acceptors (Lipinski definition) is 1. The summed E-state index contributed by atoms with van der Waals surface area (Å²) < 4.78 is 0. The fourth-order valence-corrected chi connectivity index (χ4v) is 1.95. The molecule has 0 bridgehead atoms. The second kappa shape index (κ2) is 19.0. The molecule has 0 heterocycles. The van der Waals surface area contributed by atoms with E-state index in [4.69, 9.17) is 5.11 Å². The van der Waals surface area contributed by atoms with Crippen LogP contribution in [-0.4, -0.2) is 11.1 Å². The zero-order chi connectivity index (χ0) is 17.7. The topological polar surface area (TPSA) is 37.3 Å². The average molecular weight is 328 g/mol. The van der Waals surface area contributed by atoms with Crippen LogP contribution >= 0.6 is 0 Å². The van der Waals surface area contributed by atoms with Crippen molar-refractivity contribution in [3.63, 3.8) is 0 Å². The molecule has 2 heteroatoms. The van der Waals surface area contributed by atoms with Crippen LogP contribution in [0.15, 0.2) is 66.5 Å². The molecule has 0 radical (unpaired) electrons. The number of rotatable bonds is 14. The Bertz CT molecular complexity index is 472. The lowest BCUT2D eigenvalue weighted by Crippen LogP contribution is -1.92. The van der Waals surface area contributed by atoms with Crippen molar-refractivity contribution in [2.45, 2.75) is 64.7 Å². The number of carboxylic acids is 1. The largest absolute Gasteiger partial charge is 0.481 e. The summed E-state index contributed by atoms with van der Waals surface area (Å²) in [6.45, 7) is 2.24. The molecular weight excluding hydrogens is 296 g/mol. The van der Waals surface area contributed by atoms with Gasteiger partial charge >= 0.3 is 5.97 Å². The van der Waals surface area contributed by atoms with Crippen LogP contribution in [0.25, 0.3) is 0 Å². The molecule has 0 amide bonds. The van der Waals surface area contributed by atoms with Gasteiger partial charge in [0.05, 0.1) is 0 Å². The maximum atomic E-state index is 10.3. The number of aliphatic carboxylic acids is 1. The van der Waals surface area contributed by atoms with Gasteiger partial charge in [-0.25, -0.2) is 0 Å². The molecule has 0 aliphatic carbocycles. The van der Waals surface area contributed by atoms with Gasteiger partial charge in [-0.15, -0.1) is 5.73 Å². The Morgan fingerprint density at radius 1 is 0.875 bits per heavy atom. The van der Waals surface area contributed by atoms with Gasteiger partial charge in [-0.2, -0.15) is 0 Å². The minimum absolute atomic E-state index is 0.219. The Morgan fingerprint density at radius 2 is 1.67 bits per heavy atom. The molecule has 0 unspecified atom stereocenters. The van der Waals surface area contributed by atoms with E-state index in [0.717, 1.165) is 12.8 Å². The first-order valence-corrected chi connectivity index (χ1v) is 9.03. The van der Waals surface area contributed by atoms with E-state index in [1.807, 2.05) is 36.5 Å². The zero-order valence-corrected chi connectivity index (χ0v) is 15.0. The average Bonchev–Trinajstić information content (AvgIpc) is 2.56. The van der Waals surface area contributed by atoms with Crippen LogP contribution in [0.4, 0.5) is 0 Å². The van der Waals surface area contributed by atoms with Crippen LogP contribution in [0.5, 0.6) is 0 Å². The molecule has 0 aliphatic heterocycles. The molecule has 0 fully saturated rings. The van der Waals surface area contributed by atoms with Crippen LogP contribution in [0, 0.1) is 0 Å². The Kier molecular flexibility index (Phi) is 17.4. The van der Waals surface area contributed by atoms with Gasteiger partial charge in [-0.05, 0) is 44.3 Å². The van der Waals surface area contributed by atoms with E-state index in [9.17, 15) is 4.79 Å². The fraction of sp³-hybridized carbons (Fsp3) is 0.455. The third kappa shape index (κ3) is 19.9. The monoisotopic (exact) mass is 328 g/mol. The molecule has 0 aromatic heterocycles. The summed E-state index contributed by atoms with van der Waals surface area (Å²) in [5.41, 5.74) is 3.01. The van der Waals surface area contributed by atoms with Gasteiger partial charge in [0.1, 0.15) is 0 Å². The van der Waals surface area contributed by atoms with Gasteiger partial charge in [0, 0.05) is 6.42 Å². The smallest absolute Gasteiger partial charge is 0.303 e. The van der Waals surface area contributed by atoms with Gasteiger partial charge in [0.2, 0.25) is 0 Å². The third-order valence-electron chi connectivity index (χ3n) is 3.29. The van der Waals surface area contributed by atoms with E-state index >= 15 is 0 Å². The first kappa shape index (κ1) is 21.9. The summed E-state index contributed by atoms with van der Waals surface area (Å²) in [6.07, 6.45) is 29.4. The van der Waals surface area contributed by atoms with E-state index in [1.54, 1.807) is 0 Å². The molecule has 1 N–H and O–H groups in total. The molecular formula is C22H32O2. The fourth-order valence-electron chi connectivity index (χ4n) is 1.95. The SMILES string of the molecule is CCCCCC/C=C/C/C=C/C=C/C=C/C=C=CCCCC(=O)O. The van der Waals surface area contributed by atoms with Gasteiger partial charge in [-0.1, -0.05) is 74.8 Å². The van der Waals surface area contributed by atoms with Crippen molar-refractivity contribution in [3.05, 3.63) is 66.5 Å². The normalized spacial score (nSPS) is 11.7. The maximum Gasteiger partial charge on any atom is 0.303 e. The molecule has 0 rings (SSSR count). The molecule has 24 heavy (non-hydrogen) atoms. The van der Waals surface area contributed by atoms with E-state index < -0.39 is 5.97 Å². The molecule has 0 spiro atoms. The van der Waals surface area contributed by atoms with Gasteiger partial charge in [-0.3, -0.25) is 4.79 Å². The lowest BCUT2D eigenvalue weighted by atomic mass is 10.1. The highest BCUT2D eigenvalue weighted by Crippen LogP contribution is 2.03. The molecule has 0 aromatic rings. The predicted octanol–water partition coefficient (Wildman–Crippen LogP) is 6.54. The second-order valence-electron chi connectivity index (χ2n) is 5.58. The summed E-state index contributed by atoms with van der Waals surface area (Å²) in [5, 5.41) is 8.49. The zero-order valence-electron chi connectivity index (χ0n) is 15.0. The summed E-state index contributed by atoms with van der Waals surface area (Å²) in [6, 6.07) is 0. The van der Waals surface area contributed by atoms with Crippen LogP contribution in [0.1, 0.15) is 64.7 Å². The Balaban J connectivity index is 3.63. The first-order chi connectivity index (χ1) is 11.8. The molecule has 0 aromatic carbocycles. The maximum absolute atomic E-state index is 10.3. The Morgan fingerprint density at radius 3 is 2.46 bits per heavy atom. The number of hydrogen-bond donors (Lipinski definition) is 1.